The highest BCUT2D eigenvalue weighted by molar-refractivity contribution is 7.99. The summed E-state index contributed by atoms with van der Waals surface area (Å²) < 4.78 is 0. The van der Waals surface area contributed by atoms with Gasteiger partial charge in [-0.25, -0.2) is 9.97 Å². The van der Waals surface area contributed by atoms with E-state index in [2.05, 4.69) is 9.97 Å². The molecule has 1 heterocycles. The summed E-state index contributed by atoms with van der Waals surface area (Å²) in [5.41, 5.74) is 7.32. The van der Waals surface area contributed by atoms with E-state index in [1.807, 2.05) is 42.5 Å². The molecular weight excluding hydrogens is 278 g/mol. The third-order valence-corrected chi connectivity index (χ3v) is 3.93. The van der Waals surface area contributed by atoms with Crippen LogP contribution in [0.2, 0.25) is 5.02 Å². The van der Waals surface area contributed by atoms with Gasteiger partial charge in [0.05, 0.1) is 5.52 Å². The minimum absolute atomic E-state index is 0.702. The summed E-state index contributed by atoms with van der Waals surface area (Å²) in [6.07, 6.45) is 1.56. The first kappa shape index (κ1) is 12.3. The highest BCUT2D eigenvalue weighted by Crippen LogP contribution is 2.32. The minimum atomic E-state index is 0.702. The van der Waals surface area contributed by atoms with Gasteiger partial charge in [0, 0.05) is 21.0 Å². The highest BCUT2D eigenvalue weighted by atomic mass is 35.5. The maximum absolute atomic E-state index is 5.88. The molecule has 0 saturated heterocycles. The number of nitrogens with zero attached hydrogens (tertiary/aromatic N) is 2. The number of hydrogen-bond donors (Lipinski definition) is 1. The van der Waals surface area contributed by atoms with E-state index < -0.39 is 0 Å². The normalized spacial score (nSPS) is 10.8. The maximum Gasteiger partial charge on any atom is 0.117 e. The molecule has 2 aromatic carbocycles. The lowest BCUT2D eigenvalue weighted by Crippen LogP contribution is -1.89. The molecule has 0 unspecified atom stereocenters. The SMILES string of the molecule is Nc1ccc2c(Sc3ccc(Cl)cc3)ncnc2c1. The molecule has 19 heavy (non-hydrogen) atoms. The van der Waals surface area contributed by atoms with Crippen molar-refractivity contribution >= 4 is 40.0 Å². The molecule has 3 nitrogen and oxygen atoms in total. The van der Waals surface area contributed by atoms with Crippen LogP contribution < -0.4 is 5.73 Å². The number of nitrogens with two attached hydrogens (primary N) is 1. The molecule has 0 saturated carbocycles. The zero-order valence-corrected chi connectivity index (χ0v) is 11.4. The summed E-state index contributed by atoms with van der Waals surface area (Å²) in [5.74, 6) is 0. The molecule has 3 aromatic rings. The van der Waals surface area contributed by atoms with Gasteiger partial charge in [-0.05, 0) is 42.5 Å². The van der Waals surface area contributed by atoms with Crippen molar-refractivity contribution in [2.24, 2.45) is 0 Å². The van der Waals surface area contributed by atoms with Crippen LogP contribution in [0.4, 0.5) is 5.69 Å². The first-order chi connectivity index (χ1) is 9.22. The summed E-state index contributed by atoms with van der Waals surface area (Å²) in [5, 5.41) is 2.63. The zero-order chi connectivity index (χ0) is 13.2. The van der Waals surface area contributed by atoms with Crippen molar-refractivity contribution in [3.05, 3.63) is 53.8 Å². The third-order valence-electron chi connectivity index (χ3n) is 2.65. The van der Waals surface area contributed by atoms with Gasteiger partial charge in [-0.3, -0.25) is 0 Å². The average Bonchev–Trinajstić information content (AvgIpc) is 2.41. The van der Waals surface area contributed by atoms with Gasteiger partial charge in [0.2, 0.25) is 0 Å². The fraction of sp³-hybridized carbons (Fsp3) is 0. The Bertz CT molecular complexity index is 728. The third kappa shape index (κ3) is 2.64. The van der Waals surface area contributed by atoms with Crippen molar-refractivity contribution in [3.63, 3.8) is 0 Å². The first-order valence-electron chi connectivity index (χ1n) is 5.66. The standard InChI is InChI=1S/C14H10ClN3S/c15-9-1-4-11(5-2-9)19-14-12-6-3-10(16)7-13(12)17-8-18-14/h1-8H,16H2. The quantitative estimate of drug-likeness (QED) is 0.571. The van der Waals surface area contributed by atoms with Crippen LogP contribution in [0.3, 0.4) is 0 Å². The monoisotopic (exact) mass is 287 g/mol. The van der Waals surface area contributed by atoms with Crippen molar-refractivity contribution < 1.29 is 0 Å². The Kier molecular flexibility index (Phi) is 3.27. The predicted octanol–water partition coefficient (Wildman–Crippen LogP) is 4.02. The summed E-state index contributed by atoms with van der Waals surface area (Å²) in [6.45, 7) is 0. The van der Waals surface area contributed by atoms with Gasteiger partial charge in [0.25, 0.3) is 0 Å². The number of benzene rings is 2. The summed E-state index contributed by atoms with van der Waals surface area (Å²) in [6, 6.07) is 13.3. The number of halogens is 1. The number of hydrogen-bond acceptors (Lipinski definition) is 4. The van der Waals surface area contributed by atoms with E-state index in [0.717, 1.165) is 25.8 Å². The van der Waals surface area contributed by atoms with Crippen molar-refractivity contribution in [3.8, 4) is 0 Å². The van der Waals surface area contributed by atoms with E-state index in [0.29, 0.717) is 5.69 Å². The van der Waals surface area contributed by atoms with Gasteiger partial charge in [-0.1, -0.05) is 23.4 Å². The average molecular weight is 288 g/mol. The smallest absolute Gasteiger partial charge is 0.117 e. The number of rotatable bonds is 2. The van der Waals surface area contributed by atoms with Crippen LogP contribution in [0.25, 0.3) is 10.9 Å². The van der Waals surface area contributed by atoms with Gasteiger partial charge < -0.3 is 5.73 Å². The molecule has 0 amide bonds. The molecule has 0 radical (unpaired) electrons. The van der Waals surface area contributed by atoms with Crippen LogP contribution in [0.5, 0.6) is 0 Å². The Morgan fingerprint density at radius 2 is 1.79 bits per heavy atom. The molecule has 0 aliphatic heterocycles. The van der Waals surface area contributed by atoms with Crippen LogP contribution >= 0.6 is 23.4 Å². The number of fused-ring (bicyclic) bond motifs is 1. The predicted molar refractivity (Wildman–Crippen MR) is 79.5 cm³/mol. The van der Waals surface area contributed by atoms with Crippen LogP contribution in [0, 0.1) is 0 Å². The van der Waals surface area contributed by atoms with Gasteiger partial charge in [0.15, 0.2) is 0 Å². The Morgan fingerprint density at radius 3 is 2.58 bits per heavy atom. The topological polar surface area (TPSA) is 51.8 Å². The van der Waals surface area contributed by atoms with E-state index in [1.54, 1.807) is 18.1 Å². The van der Waals surface area contributed by atoms with E-state index in [-0.39, 0.29) is 0 Å². The number of nitrogen functional groups attached to an aromatic ring is 1. The Balaban J connectivity index is 2.03. The summed E-state index contributed by atoms with van der Waals surface area (Å²) in [4.78, 5) is 9.65. The summed E-state index contributed by atoms with van der Waals surface area (Å²) >= 11 is 7.46. The van der Waals surface area contributed by atoms with Gasteiger partial charge in [-0.15, -0.1) is 0 Å². The largest absolute Gasteiger partial charge is 0.399 e. The molecule has 3 rings (SSSR count). The van der Waals surface area contributed by atoms with E-state index in [1.165, 1.54) is 0 Å². The second-order valence-corrected chi connectivity index (χ2v) is 5.51. The van der Waals surface area contributed by atoms with Gasteiger partial charge >= 0.3 is 0 Å². The second-order valence-electron chi connectivity index (χ2n) is 4.01. The lowest BCUT2D eigenvalue weighted by molar-refractivity contribution is 1.10. The van der Waals surface area contributed by atoms with Crippen LogP contribution in [0.1, 0.15) is 0 Å². The lowest BCUT2D eigenvalue weighted by atomic mass is 10.2. The second kappa shape index (κ2) is 5.07. The molecule has 5 heteroatoms. The van der Waals surface area contributed by atoms with Crippen molar-refractivity contribution in [2.75, 3.05) is 5.73 Å². The number of aromatic nitrogens is 2. The molecule has 2 N–H and O–H groups in total. The fourth-order valence-corrected chi connectivity index (χ4v) is 2.75. The van der Waals surface area contributed by atoms with Crippen molar-refractivity contribution in [1.29, 1.82) is 0 Å². The molecular formula is C14H10ClN3S. The van der Waals surface area contributed by atoms with Crippen molar-refractivity contribution in [1.82, 2.24) is 9.97 Å². The van der Waals surface area contributed by atoms with E-state index >= 15 is 0 Å². The van der Waals surface area contributed by atoms with E-state index in [4.69, 9.17) is 17.3 Å². The van der Waals surface area contributed by atoms with Crippen LogP contribution in [-0.4, -0.2) is 9.97 Å². The Hall–Kier alpha value is -1.78. The fourth-order valence-electron chi connectivity index (χ4n) is 1.74. The Morgan fingerprint density at radius 1 is 1.00 bits per heavy atom. The molecule has 0 spiro atoms. The maximum atomic E-state index is 5.88. The lowest BCUT2D eigenvalue weighted by Gasteiger charge is -2.05. The summed E-state index contributed by atoms with van der Waals surface area (Å²) in [7, 11) is 0. The van der Waals surface area contributed by atoms with Gasteiger partial charge in [0.1, 0.15) is 11.4 Å². The molecule has 0 aliphatic carbocycles. The van der Waals surface area contributed by atoms with Crippen LogP contribution in [0.15, 0.2) is 58.7 Å². The van der Waals surface area contributed by atoms with Crippen LogP contribution in [-0.2, 0) is 0 Å². The molecule has 0 aliphatic rings. The molecule has 0 fully saturated rings. The minimum Gasteiger partial charge on any atom is -0.399 e. The van der Waals surface area contributed by atoms with E-state index in [9.17, 15) is 0 Å². The molecule has 94 valence electrons. The van der Waals surface area contributed by atoms with Crippen molar-refractivity contribution in [2.45, 2.75) is 9.92 Å². The van der Waals surface area contributed by atoms with Gasteiger partial charge in [-0.2, -0.15) is 0 Å². The Labute approximate surface area is 119 Å². The molecule has 0 bridgehead atoms. The number of anilines is 1. The molecule has 0 atom stereocenters. The first-order valence-corrected chi connectivity index (χ1v) is 6.85. The molecule has 1 aromatic heterocycles. The highest BCUT2D eigenvalue weighted by Gasteiger charge is 2.06. The zero-order valence-electron chi connectivity index (χ0n) is 9.88.